The Bertz CT molecular complexity index is 716. The molecule has 5 nitrogen and oxygen atoms in total. The van der Waals surface area contributed by atoms with Crippen molar-refractivity contribution in [1.82, 2.24) is 0 Å². The van der Waals surface area contributed by atoms with Crippen LogP contribution in [0.3, 0.4) is 0 Å². The average molecular weight is 312 g/mol. The number of hydrogen-bond acceptors (Lipinski definition) is 5. The van der Waals surface area contributed by atoms with Crippen LogP contribution in [0.15, 0.2) is 54.6 Å². The molecular weight excluding hydrogens is 296 g/mol. The molecule has 23 heavy (non-hydrogen) atoms. The van der Waals surface area contributed by atoms with Gasteiger partial charge >= 0.3 is 11.9 Å². The smallest absolute Gasteiger partial charge is 0.337 e. The number of ether oxygens (including phenoxy) is 3. The van der Waals surface area contributed by atoms with Crippen LogP contribution >= 0.6 is 0 Å². The van der Waals surface area contributed by atoms with Crippen molar-refractivity contribution in [3.05, 3.63) is 65.7 Å². The van der Waals surface area contributed by atoms with E-state index >= 15 is 0 Å². The van der Waals surface area contributed by atoms with Crippen LogP contribution in [0.1, 0.15) is 15.9 Å². The maximum atomic E-state index is 11.8. The number of esters is 2. The van der Waals surface area contributed by atoms with E-state index in [1.54, 1.807) is 54.6 Å². The molecule has 0 atom stereocenters. The molecule has 0 fully saturated rings. The van der Waals surface area contributed by atoms with Crippen LogP contribution in [0.2, 0.25) is 0 Å². The van der Waals surface area contributed by atoms with Gasteiger partial charge in [-0.1, -0.05) is 24.3 Å². The van der Waals surface area contributed by atoms with Crippen LogP contribution in [0.4, 0.5) is 0 Å². The zero-order valence-electron chi connectivity index (χ0n) is 12.8. The molecule has 0 saturated carbocycles. The largest absolute Gasteiger partial charge is 0.493 e. The van der Waals surface area contributed by atoms with Crippen molar-refractivity contribution in [3.63, 3.8) is 0 Å². The molecular formula is C18H16O5. The molecule has 0 radical (unpaired) electrons. The van der Waals surface area contributed by atoms with Crippen molar-refractivity contribution < 1.29 is 23.8 Å². The van der Waals surface area contributed by atoms with E-state index < -0.39 is 11.9 Å². The normalized spacial score (nSPS) is 10.3. The molecule has 2 aromatic rings. The standard InChI is InChI=1S/C18H16O5/c1-21-15-5-3-4-6-16(15)23-17(19)12-9-13-7-10-14(11-8-13)18(20)22-2/h3-12H,1-2H3/b12-9+. The minimum atomic E-state index is -0.522. The lowest BCUT2D eigenvalue weighted by Crippen LogP contribution is -2.04. The van der Waals surface area contributed by atoms with Crippen molar-refractivity contribution >= 4 is 18.0 Å². The molecule has 0 aliphatic carbocycles. The van der Waals surface area contributed by atoms with E-state index in [9.17, 15) is 9.59 Å². The summed E-state index contributed by atoms with van der Waals surface area (Å²) in [7, 11) is 2.83. The molecule has 0 spiro atoms. The van der Waals surface area contributed by atoms with Crippen LogP contribution in [0, 0.1) is 0 Å². The van der Waals surface area contributed by atoms with Crippen LogP contribution in [0.5, 0.6) is 11.5 Å². The second-order valence-electron chi connectivity index (χ2n) is 4.52. The van der Waals surface area contributed by atoms with Gasteiger partial charge in [0.25, 0.3) is 0 Å². The highest BCUT2D eigenvalue weighted by Gasteiger charge is 2.07. The number of methoxy groups -OCH3 is 2. The number of rotatable bonds is 5. The molecule has 0 aliphatic rings. The highest BCUT2D eigenvalue weighted by molar-refractivity contribution is 5.91. The summed E-state index contributed by atoms with van der Waals surface area (Å²) in [4.78, 5) is 23.2. The number of carbonyl (C=O) groups excluding carboxylic acids is 2. The maximum absolute atomic E-state index is 11.8. The van der Waals surface area contributed by atoms with Gasteiger partial charge in [-0.2, -0.15) is 0 Å². The van der Waals surface area contributed by atoms with Crippen molar-refractivity contribution in [2.45, 2.75) is 0 Å². The first-order valence-electron chi connectivity index (χ1n) is 6.85. The first kappa shape index (κ1) is 16.3. The monoisotopic (exact) mass is 312 g/mol. The van der Waals surface area contributed by atoms with Gasteiger partial charge in [0, 0.05) is 6.08 Å². The summed E-state index contributed by atoms with van der Waals surface area (Å²) < 4.78 is 14.9. The van der Waals surface area contributed by atoms with Crippen LogP contribution in [-0.4, -0.2) is 26.2 Å². The fraction of sp³-hybridized carbons (Fsp3) is 0.111. The van der Waals surface area contributed by atoms with E-state index in [1.165, 1.54) is 20.3 Å². The zero-order chi connectivity index (χ0) is 16.7. The lowest BCUT2D eigenvalue weighted by atomic mass is 10.1. The van der Waals surface area contributed by atoms with Crippen LogP contribution < -0.4 is 9.47 Å². The molecule has 5 heteroatoms. The van der Waals surface area contributed by atoms with E-state index in [-0.39, 0.29) is 0 Å². The van der Waals surface area contributed by atoms with Crippen molar-refractivity contribution in [2.75, 3.05) is 14.2 Å². The Morgan fingerprint density at radius 2 is 1.57 bits per heavy atom. The number of hydrogen-bond donors (Lipinski definition) is 0. The van der Waals surface area contributed by atoms with Crippen molar-refractivity contribution in [2.24, 2.45) is 0 Å². The van der Waals surface area contributed by atoms with Gasteiger partial charge in [-0.3, -0.25) is 0 Å². The number of benzene rings is 2. The first-order valence-corrected chi connectivity index (χ1v) is 6.85. The van der Waals surface area contributed by atoms with Crippen LogP contribution in [-0.2, 0) is 9.53 Å². The van der Waals surface area contributed by atoms with Gasteiger partial charge in [0.2, 0.25) is 0 Å². The Balaban J connectivity index is 2.02. The molecule has 0 N–H and O–H groups in total. The molecule has 0 unspecified atom stereocenters. The predicted molar refractivity (Wildman–Crippen MR) is 85.4 cm³/mol. The van der Waals surface area contributed by atoms with Gasteiger partial charge < -0.3 is 14.2 Å². The van der Waals surface area contributed by atoms with E-state index in [1.807, 2.05) is 0 Å². The van der Waals surface area contributed by atoms with E-state index in [0.717, 1.165) is 5.56 Å². The molecule has 0 heterocycles. The molecule has 2 rings (SSSR count). The molecule has 0 aromatic heterocycles. The fourth-order valence-corrected chi connectivity index (χ4v) is 1.86. The van der Waals surface area contributed by atoms with Crippen molar-refractivity contribution in [1.29, 1.82) is 0 Å². The quantitative estimate of drug-likeness (QED) is 0.482. The molecule has 118 valence electrons. The minimum Gasteiger partial charge on any atom is -0.493 e. The molecule has 0 aliphatic heterocycles. The third-order valence-corrected chi connectivity index (χ3v) is 3.02. The van der Waals surface area contributed by atoms with Gasteiger partial charge in [-0.05, 0) is 35.9 Å². The third kappa shape index (κ3) is 4.44. The Labute approximate surface area is 134 Å². The second-order valence-corrected chi connectivity index (χ2v) is 4.52. The second kappa shape index (κ2) is 7.79. The predicted octanol–water partition coefficient (Wildman–Crippen LogP) is 3.10. The number of para-hydroxylation sites is 2. The SMILES string of the molecule is COC(=O)c1ccc(/C=C/C(=O)Oc2ccccc2OC)cc1. The molecule has 2 aromatic carbocycles. The van der Waals surface area contributed by atoms with Gasteiger partial charge in [0.1, 0.15) is 0 Å². The minimum absolute atomic E-state index is 0.352. The zero-order valence-corrected chi connectivity index (χ0v) is 12.8. The first-order chi connectivity index (χ1) is 11.1. The highest BCUT2D eigenvalue weighted by Crippen LogP contribution is 2.25. The summed E-state index contributed by atoms with van der Waals surface area (Å²) in [6, 6.07) is 13.6. The summed E-state index contributed by atoms with van der Waals surface area (Å²) in [6.45, 7) is 0. The van der Waals surface area contributed by atoms with E-state index in [4.69, 9.17) is 9.47 Å². The summed E-state index contributed by atoms with van der Waals surface area (Å²) in [5.41, 5.74) is 1.20. The molecule has 0 amide bonds. The van der Waals surface area contributed by atoms with Gasteiger partial charge in [-0.25, -0.2) is 9.59 Å². The maximum Gasteiger partial charge on any atom is 0.337 e. The summed E-state index contributed by atoms with van der Waals surface area (Å²) in [5.74, 6) is -0.0926. The third-order valence-electron chi connectivity index (χ3n) is 3.02. The molecule has 0 saturated heterocycles. The lowest BCUT2D eigenvalue weighted by Gasteiger charge is -2.06. The Morgan fingerprint density at radius 1 is 0.913 bits per heavy atom. The molecule has 0 bridgehead atoms. The topological polar surface area (TPSA) is 61.8 Å². The van der Waals surface area contributed by atoms with Gasteiger partial charge in [0.15, 0.2) is 11.5 Å². The van der Waals surface area contributed by atoms with Crippen LogP contribution in [0.25, 0.3) is 6.08 Å². The fourth-order valence-electron chi connectivity index (χ4n) is 1.86. The summed E-state index contributed by atoms with van der Waals surface area (Å²) in [5, 5.41) is 0. The Morgan fingerprint density at radius 3 is 2.17 bits per heavy atom. The Hall–Kier alpha value is -3.08. The van der Waals surface area contributed by atoms with Gasteiger partial charge in [0.05, 0.1) is 19.8 Å². The van der Waals surface area contributed by atoms with Gasteiger partial charge in [-0.15, -0.1) is 0 Å². The lowest BCUT2D eigenvalue weighted by molar-refractivity contribution is -0.129. The Kier molecular flexibility index (Phi) is 5.52. The highest BCUT2D eigenvalue weighted by atomic mass is 16.6. The average Bonchev–Trinajstić information content (AvgIpc) is 2.60. The summed E-state index contributed by atoms with van der Waals surface area (Å²) >= 11 is 0. The van der Waals surface area contributed by atoms with Crippen molar-refractivity contribution in [3.8, 4) is 11.5 Å². The van der Waals surface area contributed by atoms with E-state index in [2.05, 4.69) is 4.74 Å². The van der Waals surface area contributed by atoms with E-state index in [0.29, 0.717) is 17.1 Å². The summed E-state index contributed by atoms with van der Waals surface area (Å²) in [6.07, 6.45) is 2.90. The number of carbonyl (C=O) groups is 2.